The lowest BCUT2D eigenvalue weighted by Crippen LogP contribution is -2.27. The highest BCUT2D eigenvalue weighted by molar-refractivity contribution is 6.08. The number of pyridine rings is 1. The third kappa shape index (κ3) is 4.70. The van der Waals surface area contributed by atoms with Crippen molar-refractivity contribution in [2.24, 2.45) is 0 Å². The zero-order valence-electron chi connectivity index (χ0n) is 22.5. The quantitative estimate of drug-likeness (QED) is 0.318. The molecule has 1 aromatic heterocycles. The zero-order chi connectivity index (χ0) is 28.3. The Morgan fingerprint density at radius 1 is 0.769 bits per heavy atom. The van der Waals surface area contributed by atoms with Gasteiger partial charge in [-0.3, -0.25) is 9.36 Å². The van der Waals surface area contributed by atoms with Crippen molar-refractivity contribution in [1.82, 2.24) is 4.57 Å². The maximum Gasteiger partial charge on any atom is 0.355 e. The van der Waals surface area contributed by atoms with E-state index in [0.29, 0.717) is 56.5 Å². The number of ether oxygens (including phenoxy) is 6. The van der Waals surface area contributed by atoms with E-state index < -0.39 is 11.5 Å². The predicted molar refractivity (Wildman–Crippen MR) is 145 cm³/mol. The molecule has 0 aliphatic rings. The molecule has 0 saturated carbocycles. The van der Waals surface area contributed by atoms with Gasteiger partial charge in [0.1, 0.15) is 5.69 Å². The molecule has 1 heterocycles. The molecule has 0 fully saturated rings. The van der Waals surface area contributed by atoms with Crippen molar-refractivity contribution in [3.05, 3.63) is 70.1 Å². The standard InChI is InChI=1S/C29H29NO9/c1-34-21-13-19-20(14-22(21)35-2)28(32)30(18-9-7-8-16(10-18)15-31)26(29(33)39-6)25(19)17-11-23(36-3)27(38-5)24(12-17)37-4/h7-14,31H,15H2,1-6H3. The molecule has 0 aliphatic carbocycles. The second kappa shape index (κ2) is 11.4. The third-order valence-electron chi connectivity index (χ3n) is 6.37. The number of aliphatic hydroxyl groups is 1. The molecule has 4 rings (SSSR count). The summed E-state index contributed by atoms with van der Waals surface area (Å²) in [5, 5.41) is 10.4. The first-order valence-corrected chi connectivity index (χ1v) is 11.8. The van der Waals surface area contributed by atoms with Gasteiger partial charge in [-0.1, -0.05) is 12.1 Å². The van der Waals surface area contributed by atoms with Gasteiger partial charge in [-0.05, 0) is 47.5 Å². The minimum absolute atomic E-state index is 0.0495. The van der Waals surface area contributed by atoms with Gasteiger partial charge in [0, 0.05) is 16.6 Å². The van der Waals surface area contributed by atoms with Crippen molar-refractivity contribution in [3.8, 4) is 45.6 Å². The predicted octanol–water partition coefficient (Wildman–Crippen LogP) is 3.98. The highest BCUT2D eigenvalue weighted by Gasteiger charge is 2.28. The van der Waals surface area contributed by atoms with Crippen LogP contribution >= 0.6 is 0 Å². The number of hydrogen-bond donors (Lipinski definition) is 1. The van der Waals surface area contributed by atoms with E-state index in [2.05, 4.69) is 0 Å². The van der Waals surface area contributed by atoms with Crippen LogP contribution in [-0.4, -0.2) is 58.3 Å². The highest BCUT2D eigenvalue weighted by atomic mass is 16.5. The summed E-state index contributed by atoms with van der Waals surface area (Å²) in [4.78, 5) is 27.6. The Morgan fingerprint density at radius 3 is 1.87 bits per heavy atom. The minimum atomic E-state index is -0.762. The Hall–Kier alpha value is -4.70. The first-order valence-electron chi connectivity index (χ1n) is 11.8. The first kappa shape index (κ1) is 27.3. The SMILES string of the molecule is COC(=O)c1c(-c2cc(OC)c(OC)c(OC)c2)c2cc(OC)c(OC)cc2c(=O)n1-c1cccc(CO)c1. The second-order valence-corrected chi connectivity index (χ2v) is 8.35. The Balaban J connectivity index is 2.30. The van der Waals surface area contributed by atoms with Crippen LogP contribution in [0.1, 0.15) is 16.1 Å². The number of fused-ring (bicyclic) bond motifs is 1. The number of aliphatic hydroxyl groups excluding tert-OH is 1. The summed E-state index contributed by atoms with van der Waals surface area (Å²) in [5.41, 5.74) is 1.19. The molecule has 10 nitrogen and oxygen atoms in total. The molecule has 0 unspecified atom stereocenters. The van der Waals surface area contributed by atoms with Crippen molar-refractivity contribution in [3.63, 3.8) is 0 Å². The molecule has 0 radical (unpaired) electrons. The first-order chi connectivity index (χ1) is 18.9. The topological polar surface area (TPSA) is 115 Å². The van der Waals surface area contributed by atoms with Crippen LogP contribution in [0.2, 0.25) is 0 Å². The van der Waals surface area contributed by atoms with E-state index in [9.17, 15) is 14.7 Å². The van der Waals surface area contributed by atoms with E-state index in [1.807, 2.05) is 0 Å². The van der Waals surface area contributed by atoms with E-state index >= 15 is 0 Å². The Labute approximate surface area is 224 Å². The fourth-order valence-corrected chi connectivity index (χ4v) is 4.57. The number of carbonyl (C=O) groups excluding carboxylic acids is 1. The molecule has 0 spiro atoms. The summed E-state index contributed by atoms with van der Waals surface area (Å²) < 4.78 is 34.1. The molecule has 0 atom stereocenters. The van der Waals surface area contributed by atoms with Gasteiger partial charge in [0.05, 0.1) is 54.7 Å². The summed E-state index contributed by atoms with van der Waals surface area (Å²) in [6.07, 6.45) is 0. The van der Waals surface area contributed by atoms with Crippen LogP contribution < -0.4 is 29.2 Å². The average Bonchev–Trinajstić information content (AvgIpc) is 2.98. The molecule has 39 heavy (non-hydrogen) atoms. The molecule has 204 valence electrons. The van der Waals surface area contributed by atoms with Gasteiger partial charge >= 0.3 is 5.97 Å². The molecule has 1 N–H and O–H groups in total. The van der Waals surface area contributed by atoms with Crippen LogP contribution in [0, 0.1) is 0 Å². The van der Waals surface area contributed by atoms with E-state index in [0.717, 1.165) is 0 Å². The fraction of sp³-hybridized carbons (Fsp3) is 0.241. The summed E-state index contributed by atoms with van der Waals surface area (Å²) in [7, 11) is 8.63. The van der Waals surface area contributed by atoms with Crippen molar-refractivity contribution in [2.45, 2.75) is 6.61 Å². The van der Waals surface area contributed by atoms with E-state index in [-0.39, 0.29) is 17.7 Å². The minimum Gasteiger partial charge on any atom is -0.493 e. The number of benzene rings is 3. The molecular formula is C29H29NO9. The number of esters is 1. The molecule has 10 heteroatoms. The molecule has 4 aromatic rings. The van der Waals surface area contributed by atoms with Gasteiger partial charge in [-0.25, -0.2) is 4.79 Å². The van der Waals surface area contributed by atoms with Crippen molar-refractivity contribution >= 4 is 16.7 Å². The number of carbonyl (C=O) groups is 1. The van der Waals surface area contributed by atoms with Crippen molar-refractivity contribution < 1.29 is 38.3 Å². The number of nitrogens with zero attached hydrogens (tertiary/aromatic N) is 1. The number of hydrogen-bond acceptors (Lipinski definition) is 9. The second-order valence-electron chi connectivity index (χ2n) is 8.35. The Morgan fingerprint density at radius 2 is 1.36 bits per heavy atom. The molecule has 0 bridgehead atoms. The lowest BCUT2D eigenvalue weighted by atomic mass is 9.95. The summed E-state index contributed by atoms with van der Waals surface area (Å²) in [6.45, 7) is -0.255. The number of methoxy groups -OCH3 is 6. The largest absolute Gasteiger partial charge is 0.493 e. The van der Waals surface area contributed by atoms with Gasteiger partial charge in [0.25, 0.3) is 5.56 Å². The van der Waals surface area contributed by atoms with Gasteiger partial charge in [0.15, 0.2) is 23.0 Å². The zero-order valence-corrected chi connectivity index (χ0v) is 22.5. The number of rotatable bonds is 9. The highest BCUT2D eigenvalue weighted by Crippen LogP contribution is 2.45. The Bertz CT molecular complexity index is 1580. The Kier molecular flexibility index (Phi) is 7.96. The van der Waals surface area contributed by atoms with Gasteiger partial charge in [0.2, 0.25) is 5.75 Å². The normalized spacial score (nSPS) is 10.7. The van der Waals surface area contributed by atoms with E-state index in [1.54, 1.807) is 48.5 Å². The summed E-state index contributed by atoms with van der Waals surface area (Å²) >= 11 is 0. The van der Waals surface area contributed by atoms with E-state index in [1.165, 1.54) is 47.2 Å². The van der Waals surface area contributed by atoms with Gasteiger partial charge < -0.3 is 33.5 Å². The lowest BCUT2D eigenvalue weighted by molar-refractivity contribution is 0.0591. The monoisotopic (exact) mass is 535 g/mol. The van der Waals surface area contributed by atoms with Crippen molar-refractivity contribution in [2.75, 3.05) is 42.7 Å². The van der Waals surface area contributed by atoms with E-state index in [4.69, 9.17) is 28.4 Å². The average molecular weight is 536 g/mol. The fourth-order valence-electron chi connectivity index (χ4n) is 4.57. The molecule has 0 amide bonds. The molecule has 0 aliphatic heterocycles. The molecular weight excluding hydrogens is 506 g/mol. The van der Waals surface area contributed by atoms with Crippen LogP contribution in [0.5, 0.6) is 28.7 Å². The summed E-state index contributed by atoms with van der Waals surface area (Å²) in [5.74, 6) is 0.971. The maximum absolute atomic E-state index is 14.1. The third-order valence-corrected chi connectivity index (χ3v) is 6.37. The van der Waals surface area contributed by atoms with Gasteiger partial charge in [-0.15, -0.1) is 0 Å². The lowest BCUT2D eigenvalue weighted by Gasteiger charge is -2.21. The molecule has 3 aromatic carbocycles. The molecule has 0 saturated heterocycles. The summed E-state index contributed by atoms with van der Waals surface area (Å²) in [6, 6.07) is 13.2. The van der Waals surface area contributed by atoms with Crippen LogP contribution in [0.15, 0.2) is 53.3 Å². The van der Waals surface area contributed by atoms with Crippen LogP contribution in [-0.2, 0) is 11.3 Å². The van der Waals surface area contributed by atoms with Gasteiger partial charge in [-0.2, -0.15) is 0 Å². The van der Waals surface area contributed by atoms with Crippen LogP contribution in [0.4, 0.5) is 0 Å². The smallest absolute Gasteiger partial charge is 0.355 e. The van der Waals surface area contributed by atoms with Crippen LogP contribution in [0.25, 0.3) is 27.6 Å². The maximum atomic E-state index is 14.1. The van der Waals surface area contributed by atoms with Crippen LogP contribution in [0.3, 0.4) is 0 Å². The number of aromatic nitrogens is 1. The van der Waals surface area contributed by atoms with Crippen molar-refractivity contribution in [1.29, 1.82) is 0 Å².